The Bertz CT molecular complexity index is 321. The molecule has 2 N–H and O–H groups in total. The number of rotatable bonds is 2. The van der Waals surface area contributed by atoms with Crippen LogP contribution >= 0.6 is 11.3 Å². The standard InChI is InChI=1S/C10H17N3S/c1-3-8-9(12-10(11)14-8)7-5-4-6-13(7)2/h7H,3-6H2,1-2H3,(H2,11,12). The van der Waals surface area contributed by atoms with Gasteiger partial charge in [-0.25, -0.2) is 4.98 Å². The number of hydrogen-bond acceptors (Lipinski definition) is 4. The SMILES string of the molecule is CCc1sc(N)nc1C1CCCN1C. The highest BCUT2D eigenvalue weighted by molar-refractivity contribution is 7.15. The van der Waals surface area contributed by atoms with E-state index in [1.165, 1.54) is 30.0 Å². The molecular formula is C10H17N3S. The van der Waals surface area contributed by atoms with Crippen molar-refractivity contribution >= 4 is 16.5 Å². The summed E-state index contributed by atoms with van der Waals surface area (Å²) in [6.45, 7) is 3.36. The van der Waals surface area contributed by atoms with Crippen LogP contribution in [0.15, 0.2) is 0 Å². The maximum Gasteiger partial charge on any atom is 0.180 e. The van der Waals surface area contributed by atoms with Crippen LogP contribution in [0.1, 0.15) is 36.4 Å². The predicted octanol–water partition coefficient (Wildman–Crippen LogP) is 2.05. The number of aromatic nitrogens is 1. The van der Waals surface area contributed by atoms with Crippen molar-refractivity contribution in [3.8, 4) is 0 Å². The average molecular weight is 211 g/mol. The monoisotopic (exact) mass is 211 g/mol. The van der Waals surface area contributed by atoms with Crippen molar-refractivity contribution < 1.29 is 0 Å². The average Bonchev–Trinajstić information content (AvgIpc) is 2.71. The van der Waals surface area contributed by atoms with Gasteiger partial charge in [0, 0.05) is 4.88 Å². The lowest BCUT2D eigenvalue weighted by Crippen LogP contribution is -2.18. The molecule has 1 atom stereocenters. The lowest BCUT2D eigenvalue weighted by Gasteiger charge is -2.18. The second-order valence-electron chi connectivity index (χ2n) is 3.85. The molecular weight excluding hydrogens is 194 g/mol. The third-order valence-corrected chi connectivity index (χ3v) is 3.95. The summed E-state index contributed by atoms with van der Waals surface area (Å²) in [5, 5.41) is 0.720. The Labute approximate surface area is 88.9 Å². The van der Waals surface area contributed by atoms with Crippen molar-refractivity contribution in [2.45, 2.75) is 32.2 Å². The molecule has 1 fully saturated rings. The quantitative estimate of drug-likeness (QED) is 0.814. The van der Waals surface area contributed by atoms with Crippen LogP contribution in [0.4, 0.5) is 5.13 Å². The van der Waals surface area contributed by atoms with Crippen LogP contribution in [0.5, 0.6) is 0 Å². The van der Waals surface area contributed by atoms with Crippen molar-refractivity contribution in [3.63, 3.8) is 0 Å². The van der Waals surface area contributed by atoms with Gasteiger partial charge in [0.1, 0.15) is 0 Å². The van der Waals surface area contributed by atoms with E-state index < -0.39 is 0 Å². The molecule has 0 spiro atoms. The molecule has 2 heterocycles. The summed E-state index contributed by atoms with van der Waals surface area (Å²) >= 11 is 1.64. The predicted molar refractivity (Wildman–Crippen MR) is 60.5 cm³/mol. The molecule has 0 aliphatic carbocycles. The van der Waals surface area contributed by atoms with E-state index in [2.05, 4.69) is 23.9 Å². The van der Waals surface area contributed by atoms with Crippen LogP contribution in [-0.2, 0) is 6.42 Å². The Balaban J connectivity index is 2.29. The Kier molecular flexibility index (Phi) is 2.74. The number of nitrogens with zero attached hydrogens (tertiary/aromatic N) is 2. The number of anilines is 1. The maximum atomic E-state index is 5.76. The minimum atomic E-state index is 0.512. The summed E-state index contributed by atoms with van der Waals surface area (Å²) in [6, 6.07) is 0.512. The van der Waals surface area contributed by atoms with E-state index >= 15 is 0 Å². The van der Waals surface area contributed by atoms with Gasteiger partial charge in [-0.3, -0.25) is 4.90 Å². The third kappa shape index (κ3) is 1.64. The van der Waals surface area contributed by atoms with Gasteiger partial charge >= 0.3 is 0 Å². The Morgan fingerprint density at radius 3 is 3.00 bits per heavy atom. The van der Waals surface area contributed by atoms with E-state index in [0.717, 1.165) is 11.6 Å². The molecule has 1 saturated heterocycles. The highest BCUT2D eigenvalue weighted by Gasteiger charge is 2.26. The first-order valence-electron chi connectivity index (χ1n) is 5.17. The zero-order valence-corrected chi connectivity index (χ0v) is 9.60. The molecule has 1 aromatic heterocycles. The second-order valence-corrected chi connectivity index (χ2v) is 4.97. The number of hydrogen-bond donors (Lipinski definition) is 1. The Morgan fingerprint density at radius 2 is 2.43 bits per heavy atom. The molecule has 1 aliphatic heterocycles. The topological polar surface area (TPSA) is 42.1 Å². The van der Waals surface area contributed by atoms with E-state index in [1.807, 2.05) is 0 Å². The zero-order chi connectivity index (χ0) is 10.1. The molecule has 2 rings (SSSR count). The summed E-state index contributed by atoms with van der Waals surface area (Å²) in [6.07, 6.45) is 3.56. The van der Waals surface area contributed by atoms with Gasteiger partial charge in [-0.15, -0.1) is 11.3 Å². The molecule has 78 valence electrons. The molecule has 0 amide bonds. The molecule has 0 saturated carbocycles. The molecule has 1 aliphatic rings. The van der Waals surface area contributed by atoms with E-state index in [1.54, 1.807) is 11.3 Å². The molecule has 14 heavy (non-hydrogen) atoms. The largest absolute Gasteiger partial charge is 0.375 e. The number of nitrogen functional groups attached to an aromatic ring is 1. The normalized spacial score (nSPS) is 23.1. The van der Waals surface area contributed by atoms with Gasteiger partial charge in [-0.05, 0) is 32.9 Å². The van der Waals surface area contributed by atoms with Crippen molar-refractivity contribution in [3.05, 3.63) is 10.6 Å². The van der Waals surface area contributed by atoms with Gasteiger partial charge in [0.2, 0.25) is 0 Å². The first-order valence-corrected chi connectivity index (χ1v) is 5.99. The smallest absolute Gasteiger partial charge is 0.180 e. The summed E-state index contributed by atoms with van der Waals surface area (Å²) in [5.74, 6) is 0. The number of aryl methyl sites for hydroxylation is 1. The fourth-order valence-corrected chi connectivity index (χ4v) is 2.98. The number of likely N-dealkylation sites (tertiary alicyclic amines) is 1. The Morgan fingerprint density at radius 1 is 1.64 bits per heavy atom. The van der Waals surface area contributed by atoms with Crippen LogP contribution in [0.3, 0.4) is 0 Å². The summed E-state index contributed by atoms with van der Waals surface area (Å²) in [4.78, 5) is 8.21. The van der Waals surface area contributed by atoms with Gasteiger partial charge in [0.25, 0.3) is 0 Å². The van der Waals surface area contributed by atoms with Gasteiger partial charge < -0.3 is 5.73 Å². The first-order chi connectivity index (χ1) is 6.72. The zero-order valence-electron chi connectivity index (χ0n) is 8.79. The van der Waals surface area contributed by atoms with Gasteiger partial charge in [0.05, 0.1) is 11.7 Å². The van der Waals surface area contributed by atoms with Gasteiger partial charge in [-0.1, -0.05) is 6.92 Å². The Hall–Kier alpha value is -0.610. The van der Waals surface area contributed by atoms with Crippen LogP contribution in [0, 0.1) is 0 Å². The number of nitrogens with two attached hydrogens (primary N) is 1. The number of thiazole rings is 1. The lowest BCUT2D eigenvalue weighted by atomic mass is 10.1. The lowest BCUT2D eigenvalue weighted by molar-refractivity contribution is 0.311. The second kappa shape index (κ2) is 3.87. The minimum Gasteiger partial charge on any atom is -0.375 e. The van der Waals surface area contributed by atoms with E-state index in [0.29, 0.717) is 6.04 Å². The summed E-state index contributed by atoms with van der Waals surface area (Å²) in [5.41, 5.74) is 6.99. The molecule has 0 radical (unpaired) electrons. The van der Waals surface area contributed by atoms with E-state index in [-0.39, 0.29) is 0 Å². The van der Waals surface area contributed by atoms with Crippen molar-refractivity contribution in [2.75, 3.05) is 19.3 Å². The van der Waals surface area contributed by atoms with Crippen LogP contribution in [0.2, 0.25) is 0 Å². The fraction of sp³-hybridized carbons (Fsp3) is 0.700. The fourth-order valence-electron chi connectivity index (χ4n) is 2.15. The summed E-state index contributed by atoms with van der Waals surface area (Å²) in [7, 11) is 2.17. The van der Waals surface area contributed by atoms with Crippen LogP contribution < -0.4 is 5.73 Å². The van der Waals surface area contributed by atoms with Crippen molar-refractivity contribution in [1.29, 1.82) is 0 Å². The third-order valence-electron chi connectivity index (χ3n) is 2.90. The van der Waals surface area contributed by atoms with E-state index in [9.17, 15) is 0 Å². The highest BCUT2D eigenvalue weighted by Crippen LogP contribution is 2.35. The van der Waals surface area contributed by atoms with Crippen molar-refractivity contribution in [2.24, 2.45) is 0 Å². The molecule has 3 nitrogen and oxygen atoms in total. The highest BCUT2D eigenvalue weighted by atomic mass is 32.1. The van der Waals surface area contributed by atoms with Gasteiger partial charge in [0.15, 0.2) is 5.13 Å². The van der Waals surface area contributed by atoms with E-state index in [4.69, 9.17) is 5.73 Å². The van der Waals surface area contributed by atoms with Crippen LogP contribution in [0.25, 0.3) is 0 Å². The molecule has 1 unspecified atom stereocenters. The maximum absolute atomic E-state index is 5.76. The van der Waals surface area contributed by atoms with Crippen molar-refractivity contribution in [1.82, 2.24) is 9.88 Å². The molecule has 0 aromatic carbocycles. The van der Waals surface area contributed by atoms with Crippen LogP contribution in [-0.4, -0.2) is 23.5 Å². The summed E-state index contributed by atoms with van der Waals surface area (Å²) < 4.78 is 0. The first kappa shape index (κ1) is 9.93. The van der Waals surface area contributed by atoms with Gasteiger partial charge in [-0.2, -0.15) is 0 Å². The molecule has 4 heteroatoms. The molecule has 1 aromatic rings. The minimum absolute atomic E-state index is 0.512. The molecule has 0 bridgehead atoms.